The Bertz CT molecular complexity index is 1440. The minimum Gasteiger partial charge on any atom is -0.326 e. The number of thioether (sulfide) groups is 1. The zero-order valence-corrected chi connectivity index (χ0v) is 21.5. The van der Waals surface area contributed by atoms with Crippen molar-refractivity contribution < 1.29 is 4.79 Å². The average molecular weight is 522 g/mol. The van der Waals surface area contributed by atoms with Crippen LogP contribution in [0.1, 0.15) is 16.8 Å². The summed E-state index contributed by atoms with van der Waals surface area (Å²) in [6.07, 6.45) is 0.247. The van der Waals surface area contributed by atoms with Crippen molar-refractivity contribution in [3.05, 3.63) is 94.0 Å². The van der Waals surface area contributed by atoms with Crippen molar-refractivity contribution in [1.82, 2.24) is 9.97 Å². The van der Waals surface area contributed by atoms with Crippen molar-refractivity contribution in [1.29, 1.82) is 0 Å². The Balaban J connectivity index is 1.16. The van der Waals surface area contributed by atoms with Crippen molar-refractivity contribution in [3.63, 3.8) is 0 Å². The van der Waals surface area contributed by atoms with Crippen LogP contribution in [0.3, 0.4) is 0 Å². The summed E-state index contributed by atoms with van der Waals surface area (Å²) in [7, 11) is 0. The lowest BCUT2D eigenvalue weighted by Gasteiger charge is -2.05. The molecule has 0 aliphatic rings. The number of nitrogens with zero attached hydrogens (tertiary/aromatic N) is 2. The monoisotopic (exact) mass is 521 g/mol. The van der Waals surface area contributed by atoms with Crippen LogP contribution in [0, 0.1) is 6.92 Å². The SMILES string of the molecule is Cc1ccc2nc(-c3ccc(NC(=O)Cc4csc(SCc5ccc(Cl)cc5)n4)cc3)sc2c1. The van der Waals surface area contributed by atoms with Crippen molar-refractivity contribution in [3.8, 4) is 10.6 Å². The quantitative estimate of drug-likeness (QED) is 0.221. The lowest BCUT2D eigenvalue weighted by molar-refractivity contribution is -0.115. The highest BCUT2D eigenvalue weighted by Gasteiger charge is 2.10. The largest absolute Gasteiger partial charge is 0.326 e. The van der Waals surface area contributed by atoms with Gasteiger partial charge in [0.05, 0.1) is 22.3 Å². The zero-order chi connectivity index (χ0) is 23.5. The molecule has 0 atom stereocenters. The van der Waals surface area contributed by atoms with Gasteiger partial charge in [0.25, 0.3) is 0 Å². The van der Waals surface area contributed by atoms with E-state index in [1.165, 1.54) is 15.8 Å². The fourth-order valence-electron chi connectivity index (χ4n) is 3.38. The molecule has 0 bridgehead atoms. The van der Waals surface area contributed by atoms with Crippen LogP contribution in [-0.4, -0.2) is 15.9 Å². The van der Waals surface area contributed by atoms with Crippen LogP contribution >= 0.6 is 46.0 Å². The van der Waals surface area contributed by atoms with E-state index in [0.29, 0.717) is 0 Å². The van der Waals surface area contributed by atoms with Crippen molar-refractivity contribution >= 4 is 67.8 Å². The minimum absolute atomic E-state index is 0.0808. The number of carbonyl (C=O) groups excluding carboxylic acids is 1. The molecule has 3 aromatic carbocycles. The van der Waals surface area contributed by atoms with E-state index in [0.717, 1.165) is 42.6 Å². The molecule has 4 nitrogen and oxygen atoms in total. The average Bonchev–Trinajstić information content (AvgIpc) is 3.45. The maximum absolute atomic E-state index is 12.5. The number of hydrogen-bond acceptors (Lipinski definition) is 6. The number of thiazole rings is 2. The molecule has 170 valence electrons. The van der Waals surface area contributed by atoms with Crippen LogP contribution in [0.4, 0.5) is 5.69 Å². The van der Waals surface area contributed by atoms with Gasteiger partial charge >= 0.3 is 0 Å². The maximum atomic E-state index is 12.5. The molecule has 1 N–H and O–H groups in total. The Kier molecular flexibility index (Phi) is 6.97. The molecule has 8 heteroatoms. The molecule has 2 aromatic heterocycles. The smallest absolute Gasteiger partial charge is 0.230 e. The molecule has 0 spiro atoms. The molecule has 0 aliphatic heterocycles. The molecular formula is C26H20ClN3OS3. The summed E-state index contributed by atoms with van der Waals surface area (Å²) in [5, 5.41) is 6.62. The molecule has 0 unspecified atom stereocenters. The Labute approximate surface area is 215 Å². The van der Waals surface area contributed by atoms with E-state index in [4.69, 9.17) is 16.6 Å². The van der Waals surface area contributed by atoms with Crippen molar-refractivity contribution in [2.75, 3.05) is 5.32 Å². The third-order valence-electron chi connectivity index (χ3n) is 5.11. The topological polar surface area (TPSA) is 54.9 Å². The van der Waals surface area contributed by atoms with Crippen LogP contribution in [0.5, 0.6) is 0 Å². The summed E-state index contributed by atoms with van der Waals surface area (Å²) in [5.74, 6) is 0.736. The van der Waals surface area contributed by atoms with Gasteiger partial charge in [0.2, 0.25) is 5.91 Å². The van der Waals surface area contributed by atoms with Gasteiger partial charge in [-0.05, 0) is 66.6 Å². The number of aromatic nitrogens is 2. The molecular weight excluding hydrogens is 502 g/mol. The first kappa shape index (κ1) is 23.1. The van der Waals surface area contributed by atoms with E-state index < -0.39 is 0 Å². The van der Waals surface area contributed by atoms with E-state index in [1.807, 2.05) is 53.9 Å². The highest BCUT2D eigenvalue weighted by atomic mass is 35.5. The van der Waals surface area contributed by atoms with Crippen LogP contribution in [0.15, 0.2) is 76.4 Å². The number of amides is 1. The number of carbonyl (C=O) groups is 1. The van der Waals surface area contributed by atoms with Gasteiger partial charge in [-0.15, -0.1) is 22.7 Å². The number of nitrogens with one attached hydrogen (secondary N) is 1. The summed E-state index contributed by atoms with van der Waals surface area (Å²) in [5.41, 5.74) is 6.01. The summed E-state index contributed by atoms with van der Waals surface area (Å²) >= 11 is 10.8. The second-order valence-corrected chi connectivity index (χ2v) is 11.4. The molecule has 0 saturated heterocycles. The summed E-state index contributed by atoms with van der Waals surface area (Å²) < 4.78 is 2.13. The number of benzene rings is 3. The van der Waals surface area contributed by atoms with Crippen molar-refractivity contribution in [2.45, 2.75) is 23.4 Å². The third kappa shape index (κ3) is 5.67. The first-order valence-corrected chi connectivity index (χ1v) is 13.7. The van der Waals surface area contributed by atoms with Crippen LogP contribution in [-0.2, 0) is 17.0 Å². The molecule has 0 saturated carbocycles. The van der Waals surface area contributed by atoms with Gasteiger partial charge in [0, 0.05) is 27.4 Å². The predicted octanol–water partition coefficient (Wildman–Crippen LogP) is 7.86. The van der Waals surface area contributed by atoms with Gasteiger partial charge in [-0.1, -0.05) is 41.6 Å². The number of rotatable bonds is 7. The van der Waals surface area contributed by atoms with Gasteiger partial charge in [-0.2, -0.15) is 0 Å². The highest BCUT2D eigenvalue weighted by Crippen LogP contribution is 2.31. The van der Waals surface area contributed by atoms with Gasteiger partial charge in [-0.25, -0.2) is 9.97 Å². The molecule has 0 fully saturated rings. The fourth-order valence-corrected chi connectivity index (χ4v) is 6.38. The second kappa shape index (κ2) is 10.3. The van der Waals surface area contributed by atoms with E-state index in [9.17, 15) is 4.79 Å². The lowest BCUT2D eigenvalue weighted by Crippen LogP contribution is -2.14. The molecule has 1 amide bonds. The maximum Gasteiger partial charge on any atom is 0.230 e. The van der Waals surface area contributed by atoms with E-state index in [1.54, 1.807) is 34.4 Å². The van der Waals surface area contributed by atoms with E-state index in [2.05, 4.69) is 35.4 Å². The van der Waals surface area contributed by atoms with E-state index >= 15 is 0 Å². The Morgan fingerprint density at radius 2 is 1.82 bits per heavy atom. The Morgan fingerprint density at radius 3 is 2.62 bits per heavy atom. The number of anilines is 1. The predicted molar refractivity (Wildman–Crippen MR) is 145 cm³/mol. The first-order chi connectivity index (χ1) is 16.5. The molecule has 0 radical (unpaired) electrons. The standard InChI is InChI=1S/C26H20ClN3OS3/c1-16-2-11-22-23(12-16)34-25(30-22)18-5-9-20(10-6-18)28-24(31)13-21-15-33-26(29-21)32-14-17-3-7-19(27)8-4-17/h2-12,15H,13-14H2,1H3,(H,28,31). The first-order valence-electron chi connectivity index (χ1n) is 10.6. The van der Waals surface area contributed by atoms with Gasteiger partial charge in [-0.3, -0.25) is 4.79 Å². The number of fused-ring (bicyclic) bond motifs is 1. The number of aryl methyl sites for hydroxylation is 1. The summed E-state index contributed by atoms with van der Waals surface area (Å²) in [6, 6.07) is 21.9. The summed E-state index contributed by atoms with van der Waals surface area (Å²) in [4.78, 5) is 21.9. The van der Waals surface area contributed by atoms with Crippen LogP contribution in [0.2, 0.25) is 5.02 Å². The second-order valence-electron chi connectivity index (χ2n) is 7.81. The molecule has 0 aliphatic carbocycles. The van der Waals surface area contributed by atoms with Gasteiger partial charge in [0.15, 0.2) is 0 Å². The fraction of sp³-hybridized carbons (Fsp3) is 0.115. The molecule has 5 rings (SSSR count). The third-order valence-corrected chi connectivity index (χ3v) is 8.57. The molecule has 5 aromatic rings. The van der Waals surface area contributed by atoms with Crippen LogP contribution < -0.4 is 5.32 Å². The highest BCUT2D eigenvalue weighted by molar-refractivity contribution is 8.00. The Hall–Kier alpha value is -2.71. The lowest BCUT2D eigenvalue weighted by atomic mass is 10.2. The Morgan fingerprint density at radius 1 is 1.03 bits per heavy atom. The zero-order valence-electron chi connectivity index (χ0n) is 18.2. The molecule has 34 heavy (non-hydrogen) atoms. The van der Waals surface area contributed by atoms with E-state index in [-0.39, 0.29) is 12.3 Å². The van der Waals surface area contributed by atoms with Crippen LogP contribution in [0.25, 0.3) is 20.8 Å². The summed E-state index contributed by atoms with van der Waals surface area (Å²) in [6.45, 7) is 2.09. The molecule has 2 heterocycles. The van der Waals surface area contributed by atoms with Gasteiger partial charge < -0.3 is 5.32 Å². The van der Waals surface area contributed by atoms with Crippen molar-refractivity contribution in [2.24, 2.45) is 0 Å². The minimum atomic E-state index is -0.0808. The number of halogens is 1. The normalized spacial score (nSPS) is 11.1. The number of hydrogen-bond donors (Lipinski definition) is 1. The van der Waals surface area contributed by atoms with Gasteiger partial charge in [0.1, 0.15) is 9.35 Å².